The molecule has 3 rings (SSSR count). The minimum Gasteiger partial charge on any atom is -0.328 e. The normalized spacial score (nSPS) is 11.9. The fourth-order valence-corrected chi connectivity index (χ4v) is 4.17. The molecule has 0 fully saturated rings. The highest BCUT2D eigenvalue weighted by Gasteiger charge is 2.20. The molecule has 0 bridgehead atoms. The van der Waals surface area contributed by atoms with Gasteiger partial charge in [-0.05, 0) is 49.7 Å². The topological polar surface area (TPSA) is 84.3 Å². The van der Waals surface area contributed by atoms with E-state index >= 15 is 0 Å². The van der Waals surface area contributed by atoms with Crippen molar-refractivity contribution in [2.24, 2.45) is 0 Å². The molecule has 1 aromatic heterocycles. The van der Waals surface area contributed by atoms with Gasteiger partial charge in [0.15, 0.2) is 0 Å². The van der Waals surface area contributed by atoms with Crippen LogP contribution in [0, 0.1) is 12.7 Å². The molecule has 3 aromatic rings. The van der Waals surface area contributed by atoms with Gasteiger partial charge in [-0.3, -0.25) is 4.79 Å². The number of nitrogens with one attached hydrogen (secondary N) is 1. The molecule has 1 N–H and O–H groups in total. The first-order chi connectivity index (χ1) is 14.1. The number of anilines is 1. The van der Waals surface area contributed by atoms with E-state index in [1.54, 1.807) is 30.3 Å². The molecular weight excluding hydrogens is 407 g/mol. The second-order valence-electron chi connectivity index (χ2n) is 7.24. The number of aryl methyl sites for hydroxylation is 3. The molecule has 160 valence electrons. The number of benzene rings is 2. The zero-order chi connectivity index (χ0) is 22.1. The van der Waals surface area contributed by atoms with E-state index in [1.807, 2.05) is 18.4 Å². The summed E-state index contributed by atoms with van der Waals surface area (Å²) in [6, 6.07) is 9.38. The molecule has 0 unspecified atom stereocenters. The van der Waals surface area contributed by atoms with Crippen molar-refractivity contribution in [2.45, 2.75) is 38.1 Å². The van der Waals surface area contributed by atoms with E-state index < -0.39 is 15.8 Å². The van der Waals surface area contributed by atoms with Gasteiger partial charge in [-0.15, -0.1) is 0 Å². The van der Waals surface area contributed by atoms with E-state index in [9.17, 15) is 17.6 Å². The van der Waals surface area contributed by atoms with Crippen LogP contribution in [0.4, 0.5) is 10.1 Å². The largest absolute Gasteiger partial charge is 0.328 e. The number of aromatic nitrogens is 2. The average Bonchev–Trinajstić information content (AvgIpc) is 3.05. The Morgan fingerprint density at radius 2 is 1.93 bits per heavy atom. The van der Waals surface area contributed by atoms with Crippen LogP contribution in [0.15, 0.2) is 41.3 Å². The molecule has 0 atom stereocenters. The zero-order valence-electron chi connectivity index (χ0n) is 17.4. The summed E-state index contributed by atoms with van der Waals surface area (Å²) < 4.78 is 41.7. The maximum Gasteiger partial charge on any atom is 0.242 e. The van der Waals surface area contributed by atoms with Gasteiger partial charge >= 0.3 is 0 Å². The van der Waals surface area contributed by atoms with Gasteiger partial charge in [-0.1, -0.05) is 6.07 Å². The number of carbonyl (C=O) groups is 1. The van der Waals surface area contributed by atoms with Crippen LogP contribution >= 0.6 is 0 Å². The zero-order valence-corrected chi connectivity index (χ0v) is 18.3. The van der Waals surface area contributed by atoms with Gasteiger partial charge in [-0.25, -0.2) is 22.1 Å². The number of carbonyl (C=O) groups excluding carboxylic acids is 1. The summed E-state index contributed by atoms with van der Waals surface area (Å²) in [4.78, 5) is 17.0. The molecule has 30 heavy (non-hydrogen) atoms. The molecule has 1 amide bonds. The number of amides is 1. The number of hydrogen-bond acceptors (Lipinski definition) is 4. The Balaban J connectivity index is 1.82. The van der Waals surface area contributed by atoms with Crippen molar-refractivity contribution in [2.75, 3.05) is 19.4 Å². The first-order valence-electron chi connectivity index (χ1n) is 9.61. The van der Waals surface area contributed by atoms with Gasteiger partial charge in [0, 0.05) is 33.5 Å². The SMILES string of the molecule is CCn1c(CCC(=O)Nc2cc(C)ccc2F)nc2cc(S(=O)(=O)N(C)C)ccc21. The lowest BCUT2D eigenvalue weighted by atomic mass is 10.2. The number of fused-ring (bicyclic) bond motifs is 1. The maximum absolute atomic E-state index is 13.9. The lowest BCUT2D eigenvalue weighted by molar-refractivity contribution is -0.116. The van der Waals surface area contributed by atoms with E-state index in [0.717, 1.165) is 15.4 Å². The van der Waals surface area contributed by atoms with E-state index in [-0.39, 0.29) is 22.9 Å². The van der Waals surface area contributed by atoms with Crippen LogP contribution in [0.1, 0.15) is 24.7 Å². The molecule has 2 aromatic carbocycles. The highest BCUT2D eigenvalue weighted by molar-refractivity contribution is 7.89. The van der Waals surface area contributed by atoms with Crippen molar-refractivity contribution in [3.63, 3.8) is 0 Å². The highest BCUT2D eigenvalue weighted by Crippen LogP contribution is 2.23. The van der Waals surface area contributed by atoms with Crippen LogP contribution in [0.2, 0.25) is 0 Å². The number of halogens is 1. The van der Waals surface area contributed by atoms with Gasteiger partial charge in [0.25, 0.3) is 0 Å². The third kappa shape index (κ3) is 4.36. The fraction of sp³-hybridized carbons (Fsp3) is 0.333. The lowest BCUT2D eigenvalue weighted by Gasteiger charge is -2.11. The van der Waals surface area contributed by atoms with Crippen molar-refractivity contribution in [1.29, 1.82) is 0 Å². The summed E-state index contributed by atoms with van der Waals surface area (Å²) in [6.07, 6.45) is 0.469. The monoisotopic (exact) mass is 432 g/mol. The highest BCUT2D eigenvalue weighted by atomic mass is 32.2. The predicted molar refractivity (Wildman–Crippen MR) is 114 cm³/mol. The Morgan fingerprint density at radius 3 is 2.60 bits per heavy atom. The summed E-state index contributed by atoms with van der Waals surface area (Å²) in [5.74, 6) is -0.124. The Morgan fingerprint density at radius 1 is 1.20 bits per heavy atom. The number of sulfonamides is 1. The minimum absolute atomic E-state index is 0.125. The molecule has 0 saturated heterocycles. The average molecular weight is 433 g/mol. The number of rotatable bonds is 7. The van der Waals surface area contributed by atoms with Crippen LogP contribution in [0.5, 0.6) is 0 Å². The quantitative estimate of drug-likeness (QED) is 0.621. The van der Waals surface area contributed by atoms with E-state index in [0.29, 0.717) is 24.3 Å². The predicted octanol–water partition coefficient (Wildman–Crippen LogP) is 3.33. The molecule has 9 heteroatoms. The van der Waals surface area contributed by atoms with Gasteiger partial charge in [0.2, 0.25) is 15.9 Å². The number of hydrogen-bond donors (Lipinski definition) is 1. The molecule has 0 aliphatic rings. The molecule has 0 aliphatic carbocycles. The Labute approximate surface area is 175 Å². The van der Waals surface area contributed by atoms with Gasteiger partial charge < -0.3 is 9.88 Å². The summed E-state index contributed by atoms with van der Waals surface area (Å²) in [7, 11) is -0.607. The standard InChI is InChI=1S/C21H25FN4O3S/c1-5-26-19-9-7-15(30(28,29)25(3)4)13-18(19)23-20(26)10-11-21(27)24-17-12-14(2)6-8-16(17)22/h6-9,12-13H,5,10-11H2,1-4H3,(H,24,27). The van der Waals surface area contributed by atoms with Crippen molar-refractivity contribution >= 4 is 32.7 Å². The third-order valence-electron chi connectivity index (χ3n) is 4.87. The first kappa shape index (κ1) is 21.9. The summed E-state index contributed by atoms with van der Waals surface area (Å²) in [5, 5.41) is 2.60. The van der Waals surface area contributed by atoms with E-state index in [4.69, 9.17) is 0 Å². The van der Waals surface area contributed by atoms with Crippen LogP contribution in [0.3, 0.4) is 0 Å². The second kappa shape index (κ2) is 8.53. The molecule has 0 radical (unpaired) electrons. The van der Waals surface area contributed by atoms with Crippen molar-refractivity contribution in [3.05, 3.63) is 53.6 Å². The molecular formula is C21H25FN4O3S. The molecule has 0 aliphatic heterocycles. The van der Waals surface area contributed by atoms with E-state index in [2.05, 4.69) is 10.3 Å². The van der Waals surface area contributed by atoms with Crippen LogP contribution in [-0.2, 0) is 27.8 Å². The molecule has 7 nitrogen and oxygen atoms in total. The second-order valence-corrected chi connectivity index (χ2v) is 9.39. The minimum atomic E-state index is -3.56. The fourth-order valence-electron chi connectivity index (χ4n) is 3.25. The first-order valence-corrected chi connectivity index (χ1v) is 11.0. The van der Waals surface area contributed by atoms with Crippen LogP contribution in [0.25, 0.3) is 11.0 Å². The Hall–Kier alpha value is -2.78. The van der Waals surface area contributed by atoms with Crippen LogP contribution < -0.4 is 5.32 Å². The lowest BCUT2D eigenvalue weighted by Crippen LogP contribution is -2.22. The molecule has 1 heterocycles. The Bertz CT molecular complexity index is 1200. The van der Waals surface area contributed by atoms with Gasteiger partial charge in [0.05, 0.1) is 21.6 Å². The third-order valence-corrected chi connectivity index (χ3v) is 6.68. The van der Waals surface area contributed by atoms with Crippen molar-refractivity contribution in [3.8, 4) is 0 Å². The molecule has 0 spiro atoms. The maximum atomic E-state index is 13.9. The summed E-state index contributed by atoms with van der Waals surface area (Å²) in [5.41, 5.74) is 2.36. The van der Waals surface area contributed by atoms with Crippen molar-refractivity contribution < 1.29 is 17.6 Å². The number of imidazole rings is 1. The summed E-state index contributed by atoms with van der Waals surface area (Å²) in [6.45, 7) is 4.40. The van der Waals surface area contributed by atoms with Crippen molar-refractivity contribution in [1.82, 2.24) is 13.9 Å². The smallest absolute Gasteiger partial charge is 0.242 e. The molecule has 0 saturated carbocycles. The Kier molecular flexibility index (Phi) is 6.23. The van der Waals surface area contributed by atoms with Gasteiger partial charge in [0.1, 0.15) is 11.6 Å². The number of nitrogens with zero attached hydrogens (tertiary/aromatic N) is 3. The van der Waals surface area contributed by atoms with E-state index in [1.165, 1.54) is 20.2 Å². The summed E-state index contributed by atoms with van der Waals surface area (Å²) >= 11 is 0. The van der Waals surface area contributed by atoms with Crippen LogP contribution in [-0.4, -0.2) is 42.3 Å². The van der Waals surface area contributed by atoms with Gasteiger partial charge in [-0.2, -0.15) is 0 Å².